The van der Waals surface area contributed by atoms with Gasteiger partial charge in [-0.3, -0.25) is 0 Å². The predicted octanol–water partition coefficient (Wildman–Crippen LogP) is 3.99. The third-order valence-corrected chi connectivity index (χ3v) is 4.27. The number of anilines is 1. The van der Waals surface area contributed by atoms with E-state index in [1.165, 1.54) is 0 Å². The molecular weight excluding hydrogens is 374 g/mol. The molecule has 2 N–H and O–H groups in total. The molecule has 0 radical (unpaired) electrons. The molecule has 4 rings (SSSR count). The Bertz CT molecular complexity index is 1190. The van der Waals surface area contributed by atoms with Crippen LogP contribution in [0.15, 0.2) is 91.4 Å². The molecule has 30 heavy (non-hydrogen) atoms. The molecule has 6 heteroatoms. The fourth-order valence-electron chi connectivity index (χ4n) is 2.86. The number of carbonyl (C=O) groups is 1. The van der Waals surface area contributed by atoms with Crippen molar-refractivity contribution in [3.63, 3.8) is 0 Å². The molecule has 0 aliphatic carbocycles. The third-order valence-electron chi connectivity index (χ3n) is 4.27. The fraction of sp³-hybridized carbons (Fsp3) is 0.0417. The summed E-state index contributed by atoms with van der Waals surface area (Å²) in [5.74, 6) is 6.91. The van der Waals surface area contributed by atoms with E-state index in [0.717, 1.165) is 16.7 Å². The van der Waals surface area contributed by atoms with Crippen molar-refractivity contribution >= 4 is 11.7 Å². The van der Waals surface area contributed by atoms with Crippen molar-refractivity contribution in [2.75, 3.05) is 5.32 Å². The monoisotopic (exact) mass is 393 g/mol. The SMILES string of the molecule is O=C(NCc1cccnc1-n1cccn1)Nc1cccc(C#Cc2ccccc2)c1. The van der Waals surface area contributed by atoms with Crippen LogP contribution in [0.1, 0.15) is 16.7 Å². The van der Waals surface area contributed by atoms with Crippen molar-refractivity contribution in [3.05, 3.63) is 108 Å². The number of nitrogens with one attached hydrogen (secondary N) is 2. The van der Waals surface area contributed by atoms with Crippen LogP contribution in [-0.4, -0.2) is 20.8 Å². The number of pyridine rings is 1. The van der Waals surface area contributed by atoms with Gasteiger partial charge in [0, 0.05) is 47.5 Å². The number of amides is 2. The van der Waals surface area contributed by atoms with Crippen LogP contribution < -0.4 is 10.6 Å². The van der Waals surface area contributed by atoms with Crippen LogP contribution in [0.5, 0.6) is 0 Å². The number of rotatable bonds is 4. The van der Waals surface area contributed by atoms with Crippen molar-refractivity contribution in [3.8, 4) is 17.7 Å². The van der Waals surface area contributed by atoms with Gasteiger partial charge in [-0.05, 0) is 42.5 Å². The average molecular weight is 393 g/mol. The first-order chi connectivity index (χ1) is 14.8. The zero-order valence-corrected chi connectivity index (χ0v) is 16.1. The summed E-state index contributed by atoms with van der Waals surface area (Å²) >= 11 is 0. The highest BCUT2D eigenvalue weighted by molar-refractivity contribution is 5.89. The Balaban J connectivity index is 1.39. The van der Waals surface area contributed by atoms with E-state index < -0.39 is 0 Å². The number of urea groups is 1. The van der Waals surface area contributed by atoms with Crippen LogP contribution in [0.25, 0.3) is 5.82 Å². The number of carbonyl (C=O) groups excluding carboxylic acids is 1. The molecule has 6 nitrogen and oxygen atoms in total. The minimum atomic E-state index is -0.307. The first kappa shape index (κ1) is 19.0. The quantitative estimate of drug-likeness (QED) is 0.515. The van der Waals surface area contributed by atoms with Gasteiger partial charge in [0.05, 0.1) is 0 Å². The van der Waals surface area contributed by atoms with Crippen molar-refractivity contribution < 1.29 is 4.79 Å². The van der Waals surface area contributed by atoms with E-state index in [9.17, 15) is 4.79 Å². The van der Waals surface area contributed by atoms with Crippen LogP contribution in [0, 0.1) is 11.8 Å². The zero-order chi connectivity index (χ0) is 20.6. The molecule has 4 aromatic rings. The molecule has 0 aliphatic rings. The lowest BCUT2D eigenvalue weighted by molar-refractivity contribution is 0.251. The summed E-state index contributed by atoms with van der Waals surface area (Å²) in [7, 11) is 0. The lowest BCUT2D eigenvalue weighted by Crippen LogP contribution is -2.28. The summed E-state index contributed by atoms with van der Waals surface area (Å²) in [6.45, 7) is 0.322. The van der Waals surface area contributed by atoms with Crippen molar-refractivity contribution in [1.29, 1.82) is 0 Å². The Morgan fingerprint density at radius 2 is 1.73 bits per heavy atom. The van der Waals surface area contributed by atoms with E-state index in [-0.39, 0.29) is 6.03 Å². The van der Waals surface area contributed by atoms with Gasteiger partial charge < -0.3 is 10.6 Å². The maximum Gasteiger partial charge on any atom is 0.319 e. The topological polar surface area (TPSA) is 71.8 Å². The number of hydrogen-bond acceptors (Lipinski definition) is 3. The highest BCUT2D eigenvalue weighted by Crippen LogP contribution is 2.12. The summed E-state index contributed by atoms with van der Waals surface area (Å²) in [6, 6.07) is 22.5. The minimum Gasteiger partial charge on any atom is -0.334 e. The molecule has 0 unspecified atom stereocenters. The molecule has 0 aliphatic heterocycles. The molecule has 2 amide bonds. The number of hydrogen-bond donors (Lipinski definition) is 2. The second-order valence-electron chi connectivity index (χ2n) is 6.44. The molecule has 0 saturated carbocycles. The largest absolute Gasteiger partial charge is 0.334 e. The summed E-state index contributed by atoms with van der Waals surface area (Å²) in [4.78, 5) is 16.7. The first-order valence-electron chi connectivity index (χ1n) is 9.44. The van der Waals surface area contributed by atoms with Crippen molar-refractivity contribution in [1.82, 2.24) is 20.1 Å². The van der Waals surface area contributed by atoms with Crippen LogP contribution in [-0.2, 0) is 6.54 Å². The Hall–Kier alpha value is -4.37. The van der Waals surface area contributed by atoms with Gasteiger partial charge in [-0.2, -0.15) is 5.10 Å². The van der Waals surface area contributed by atoms with Gasteiger partial charge in [-0.25, -0.2) is 14.5 Å². The average Bonchev–Trinajstić information content (AvgIpc) is 3.32. The van der Waals surface area contributed by atoms with Crippen LogP contribution in [0.3, 0.4) is 0 Å². The maximum absolute atomic E-state index is 12.4. The molecule has 0 bridgehead atoms. The van der Waals surface area contributed by atoms with Gasteiger partial charge >= 0.3 is 6.03 Å². The van der Waals surface area contributed by atoms with Gasteiger partial charge in [0.15, 0.2) is 5.82 Å². The van der Waals surface area contributed by atoms with Crippen molar-refractivity contribution in [2.24, 2.45) is 0 Å². The van der Waals surface area contributed by atoms with Crippen LogP contribution in [0.2, 0.25) is 0 Å². The van der Waals surface area contributed by atoms with Crippen LogP contribution >= 0.6 is 0 Å². The van der Waals surface area contributed by atoms with E-state index >= 15 is 0 Å². The smallest absolute Gasteiger partial charge is 0.319 e. The fourth-order valence-corrected chi connectivity index (χ4v) is 2.86. The molecule has 2 heterocycles. The standard InChI is InChI=1S/C24H19N5O/c30-24(26-18-21-10-5-14-25-23(21)29-16-6-15-27-29)28-22-11-4-9-20(17-22)13-12-19-7-2-1-3-8-19/h1-11,14-17H,18H2,(H2,26,28,30). The Labute approximate surface area is 174 Å². The number of nitrogens with zero attached hydrogens (tertiary/aromatic N) is 3. The lowest BCUT2D eigenvalue weighted by atomic mass is 10.1. The first-order valence-corrected chi connectivity index (χ1v) is 9.44. The summed E-state index contributed by atoms with van der Waals surface area (Å²) in [5, 5.41) is 9.91. The summed E-state index contributed by atoms with van der Waals surface area (Å²) < 4.78 is 1.67. The highest BCUT2D eigenvalue weighted by Gasteiger charge is 2.08. The normalized spacial score (nSPS) is 10.0. The molecule has 0 atom stereocenters. The van der Waals surface area contributed by atoms with Gasteiger partial charge in [0.1, 0.15) is 0 Å². The van der Waals surface area contributed by atoms with E-state index in [2.05, 4.69) is 32.6 Å². The zero-order valence-electron chi connectivity index (χ0n) is 16.1. The third kappa shape index (κ3) is 4.91. The number of benzene rings is 2. The molecule has 0 saturated heterocycles. The maximum atomic E-state index is 12.4. The van der Waals surface area contributed by atoms with E-state index in [1.807, 2.05) is 79.0 Å². The molecule has 0 fully saturated rings. The number of aromatic nitrogens is 3. The lowest BCUT2D eigenvalue weighted by Gasteiger charge is -2.11. The van der Waals surface area contributed by atoms with Gasteiger partial charge in [0.2, 0.25) is 0 Å². The predicted molar refractivity (Wildman–Crippen MR) is 116 cm³/mol. The summed E-state index contributed by atoms with van der Waals surface area (Å²) in [5.41, 5.74) is 3.30. The van der Waals surface area contributed by atoms with Crippen LogP contribution in [0.4, 0.5) is 10.5 Å². The minimum absolute atomic E-state index is 0.307. The summed E-state index contributed by atoms with van der Waals surface area (Å²) in [6.07, 6.45) is 5.20. The molecule has 146 valence electrons. The second-order valence-corrected chi connectivity index (χ2v) is 6.44. The van der Waals surface area contributed by atoms with Crippen molar-refractivity contribution in [2.45, 2.75) is 6.54 Å². The van der Waals surface area contributed by atoms with E-state index in [0.29, 0.717) is 18.1 Å². The van der Waals surface area contributed by atoms with E-state index in [1.54, 1.807) is 17.1 Å². The Morgan fingerprint density at radius 3 is 2.57 bits per heavy atom. The van der Waals surface area contributed by atoms with Gasteiger partial charge in [-0.1, -0.05) is 42.2 Å². The highest BCUT2D eigenvalue weighted by atomic mass is 16.2. The molecule has 2 aromatic carbocycles. The second kappa shape index (κ2) is 9.22. The van der Waals surface area contributed by atoms with Gasteiger partial charge in [0.25, 0.3) is 0 Å². The van der Waals surface area contributed by atoms with E-state index in [4.69, 9.17) is 0 Å². The molecule has 0 spiro atoms. The van der Waals surface area contributed by atoms with Gasteiger partial charge in [-0.15, -0.1) is 0 Å². The molecular formula is C24H19N5O. The Morgan fingerprint density at radius 1 is 0.900 bits per heavy atom. The Kier molecular flexibility index (Phi) is 5.83. The molecule has 2 aromatic heterocycles.